The van der Waals surface area contributed by atoms with Gasteiger partial charge in [0, 0.05) is 21.5 Å². The third-order valence-electron chi connectivity index (χ3n) is 2.83. The molecule has 0 aliphatic carbocycles. The van der Waals surface area contributed by atoms with Crippen LogP contribution in [0.5, 0.6) is 0 Å². The molecule has 100 valence electrons. The van der Waals surface area contributed by atoms with Crippen molar-refractivity contribution in [2.75, 3.05) is 5.32 Å². The molecular formula is C13H13BrN2O2S. The second-order valence-corrected chi connectivity index (χ2v) is 6.06. The first-order valence-corrected chi connectivity index (χ1v) is 7.40. The summed E-state index contributed by atoms with van der Waals surface area (Å²) in [7, 11) is 0. The van der Waals surface area contributed by atoms with E-state index in [1.165, 1.54) is 16.5 Å². The second kappa shape index (κ2) is 5.71. The molecule has 1 atom stereocenters. The van der Waals surface area contributed by atoms with Gasteiger partial charge in [-0.3, -0.25) is 10.1 Å². The van der Waals surface area contributed by atoms with E-state index in [4.69, 9.17) is 0 Å². The zero-order valence-electron chi connectivity index (χ0n) is 10.5. The minimum Gasteiger partial charge on any atom is -0.377 e. The van der Waals surface area contributed by atoms with Gasteiger partial charge in [0.2, 0.25) is 0 Å². The number of halogens is 1. The number of nitro benzene ring substituents is 1. The smallest absolute Gasteiger partial charge is 0.271 e. The van der Waals surface area contributed by atoms with E-state index in [0.717, 1.165) is 10.2 Å². The maximum Gasteiger partial charge on any atom is 0.271 e. The largest absolute Gasteiger partial charge is 0.377 e. The predicted molar refractivity (Wildman–Crippen MR) is 81.9 cm³/mol. The fourth-order valence-corrected chi connectivity index (χ4v) is 3.16. The Balaban J connectivity index is 2.26. The van der Waals surface area contributed by atoms with Gasteiger partial charge in [-0.2, -0.15) is 0 Å². The van der Waals surface area contributed by atoms with E-state index in [2.05, 4.69) is 34.2 Å². The van der Waals surface area contributed by atoms with Crippen molar-refractivity contribution in [2.45, 2.75) is 19.9 Å². The van der Waals surface area contributed by atoms with Crippen molar-refractivity contribution < 1.29 is 4.92 Å². The number of nitrogens with one attached hydrogen (secondary N) is 1. The number of nitrogens with zero attached hydrogens (tertiary/aromatic N) is 1. The summed E-state index contributed by atoms with van der Waals surface area (Å²) in [4.78, 5) is 11.6. The second-order valence-electron chi connectivity index (χ2n) is 4.26. The number of hydrogen-bond acceptors (Lipinski definition) is 4. The van der Waals surface area contributed by atoms with Gasteiger partial charge in [0.05, 0.1) is 16.7 Å². The molecule has 0 aliphatic heterocycles. The molecule has 0 fully saturated rings. The molecule has 0 aliphatic rings. The minimum atomic E-state index is -0.390. The minimum absolute atomic E-state index is 0.0841. The first-order chi connectivity index (χ1) is 8.99. The Morgan fingerprint density at radius 2 is 2.16 bits per heavy atom. The van der Waals surface area contributed by atoms with E-state index in [1.807, 2.05) is 12.3 Å². The van der Waals surface area contributed by atoms with Crippen LogP contribution in [0.15, 0.2) is 34.1 Å². The normalized spacial score (nSPS) is 12.2. The molecule has 1 aromatic carbocycles. The third kappa shape index (κ3) is 3.13. The van der Waals surface area contributed by atoms with Crippen LogP contribution in [0.1, 0.15) is 23.4 Å². The van der Waals surface area contributed by atoms with E-state index in [-0.39, 0.29) is 11.7 Å². The van der Waals surface area contributed by atoms with Crippen LogP contribution in [0.25, 0.3) is 0 Å². The highest BCUT2D eigenvalue weighted by Gasteiger charge is 2.14. The fourth-order valence-electron chi connectivity index (χ4n) is 1.86. The number of hydrogen-bond donors (Lipinski definition) is 1. The Hall–Kier alpha value is -1.40. The Kier molecular flexibility index (Phi) is 4.21. The maximum atomic E-state index is 10.8. The highest BCUT2D eigenvalue weighted by Crippen LogP contribution is 2.32. The maximum absolute atomic E-state index is 10.8. The molecule has 0 bridgehead atoms. The SMILES string of the molecule is Cc1ccsc1C(C)Nc1cc([N+](=O)[O-])ccc1Br. The molecule has 0 amide bonds. The standard InChI is InChI=1S/C13H13BrN2O2S/c1-8-5-6-19-13(8)9(2)15-12-7-10(16(17)18)3-4-11(12)14/h3-7,9,15H,1-2H3. The zero-order chi connectivity index (χ0) is 14.0. The Bertz CT molecular complexity index is 612. The van der Waals surface area contributed by atoms with Gasteiger partial charge in [-0.05, 0) is 52.9 Å². The summed E-state index contributed by atoms with van der Waals surface area (Å²) in [5.74, 6) is 0. The average Bonchev–Trinajstić information content (AvgIpc) is 2.78. The predicted octanol–water partition coefficient (Wildman–Crippen LogP) is 4.90. The molecule has 1 N–H and O–H groups in total. The van der Waals surface area contributed by atoms with Crippen LogP contribution in [0.3, 0.4) is 0 Å². The number of benzene rings is 1. The number of anilines is 1. The van der Waals surface area contributed by atoms with Gasteiger partial charge in [-0.25, -0.2) is 0 Å². The molecule has 2 rings (SSSR count). The topological polar surface area (TPSA) is 55.2 Å². The number of thiophene rings is 1. The van der Waals surface area contributed by atoms with Crippen LogP contribution in [0, 0.1) is 17.0 Å². The summed E-state index contributed by atoms with van der Waals surface area (Å²) < 4.78 is 0.819. The summed E-state index contributed by atoms with van der Waals surface area (Å²) >= 11 is 5.09. The number of rotatable bonds is 4. The van der Waals surface area contributed by atoms with E-state index >= 15 is 0 Å². The van der Waals surface area contributed by atoms with Gasteiger partial charge in [0.25, 0.3) is 5.69 Å². The van der Waals surface area contributed by atoms with Crippen molar-refractivity contribution >= 4 is 38.6 Å². The summed E-state index contributed by atoms with van der Waals surface area (Å²) in [5.41, 5.74) is 2.04. The van der Waals surface area contributed by atoms with Crippen molar-refractivity contribution in [3.05, 3.63) is 54.7 Å². The van der Waals surface area contributed by atoms with E-state index < -0.39 is 4.92 Å². The summed E-state index contributed by atoms with van der Waals surface area (Å²) in [6, 6.07) is 6.90. The molecule has 19 heavy (non-hydrogen) atoms. The van der Waals surface area contributed by atoms with Crippen LogP contribution >= 0.6 is 27.3 Å². The molecule has 1 unspecified atom stereocenters. The molecule has 1 aromatic heterocycles. The van der Waals surface area contributed by atoms with E-state index in [0.29, 0.717) is 0 Å². The lowest BCUT2D eigenvalue weighted by atomic mass is 10.2. The van der Waals surface area contributed by atoms with E-state index in [9.17, 15) is 10.1 Å². The summed E-state index contributed by atoms with van der Waals surface area (Å²) in [5, 5.41) is 16.2. The zero-order valence-corrected chi connectivity index (χ0v) is 12.9. The highest BCUT2D eigenvalue weighted by atomic mass is 79.9. The molecule has 6 heteroatoms. The van der Waals surface area contributed by atoms with Crippen molar-refractivity contribution in [3.8, 4) is 0 Å². The lowest BCUT2D eigenvalue weighted by Crippen LogP contribution is -2.07. The van der Waals surface area contributed by atoms with Crippen LogP contribution in [0.4, 0.5) is 11.4 Å². The van der Waals surface area contributed by atoms with Gasteiger partial charge in [0.15, 0.2) is 0 Å². The fraction of sp³-hybridized carbons (Fsp3) is 0.231. The molecule has 0 spiro atoms. The first kappa shape index (κ1) is 14.0. The van der Waals surface area contributed by atoms with E-state index in [1.54, 1.807) is 23.5 Å². The van der Waals surface area contributed by atoms with Crippen molar-refractivity contribution in [2.24, 2.45) is 0 Å². The molecule has 0 saturated carbocycles. The molecular weight excluding hydrogens is 328 g/mol. The van der Waals surface area contributed by atoms with Crippen molar-refractivity contribution in [1.29, 1.82) is 0 Å². The number of non-ortho nitro benzene ring substituents is 1. The van der Waals surface area contributed by atoms with Gasteiger partial charge >= 0.3 is 0 Å². The Morgan fingerprint density at radius 3 is 2.74 bits per heavy atom. The van der Waals surface area contributed by atoms with Gasteiger partial charge in [-0.1, -0.05) is 0 Å². The van der Waals surface area contributed by atoms with Crippen LogP contribution in [0.2, 0.25) is 0 Å². The summed E-state index contributed by atoms with van der Waals surface area (Å²) in [6.07, 6.45) is 0. The molecule has 0 radical (unpaired) electrons. The van der Waals surface area contributed by atoms with Crippen LogP contribution in [-0.4, -0.2) is 4.92 Å². The van der Waals surface area contributed by atoms with Crippen LogP contribution < -0.4 is 5.32 Å². The van der Waals surface area contributed by atoms with Gasteiger partial charge in [0.1, 0.15) is 0 Å². The lowest BCUT2D eigenvalue weighted by molar-refractivity contribution is -0.384. The molecule has 0 saturated heterocycles. The monoisotopic (exact) mass is 340 g/mol. The Labute approximate surface area is 123 Å². The summed E-state index contributed by atoms with van der Waals surface area (Å²) in [6.45, 7) is 4.11. The van der Waals surface area contributed by atoms with Crippen LogP contribution in [-0.2, 0) is 0 Å². The molecule has 2 aromatic rings. The quantitative estimate of drug-likeness (QED) is 0.636. The number of nitro groups is 1. The first-order valence-electron chi connectivity index (χ1n) is 5.73. The molecule has 1 heterocycles. The highest BCUT2D eigenvalue weighted by molar-refractivity contribution is 9.10. The van der Waals surface area contributed by atoms with Gasteiger partial charge in [-0.15, -0.1) is 11.3 Å². The van der Waals surface area contributed by atoms with Gasteiger partial charge < -0.3 is 5.32 Å². The average molecular weight is 341 g/mol. The third-order valence-corrected chi connectivity index (χ3v) is 4.72. The lowest BCUT2D eigenvalue weighted by Gasteiger charge is -2.16. The molecule has 4 nitrogen and oxygen atoms in total. The van der Waals surface area contributed by atoms with Crippen molar-refractivity contribution in [3.63, 3.8) is 0 Å². The van der Waals surface area contributed by atoms with Crippen molar-refractivity contribution in [1.82, 2.24) is 0 Å². The Morgan fingerprint density at radius 1 is 1.42 bits per heavy atom. The number of aryl methyl sites for hydroxylation is 1.